The third kappa shape index (κ3) is 10.00. The van der Waals surface area contributed by atoms with E-state index in [2.05, 4.69) is 0 Å². The standard InChI is InChI=1S/C14H24NO3/c1-2-3-11-14(15(17)18)12-9-7-5-4-6-8-10-13-16/h12H,2-11H2,1H3/b14-12-. The molecular weight excluding hydrogens is 230 g/mol. The van der Waals surface area contributed by atoms with Crippen LogP contribution in [0, 0.1) is 10.1 Å². The molecule has 0 aliphatic heterocycles. The molecule has 0 atom stereocenters. The lowest BCUT2D eigenvalue weighted by Crippen LogP contribution is -1.98. The maximum absolute atomic E-state index is 10.7. The van der Waals surface area contributed by atoms with Gasteiger partial charge in [-0.25, -0.2) is 0 Å². The maximum atomic E-state index is 10.7. The van der Waals surface area contributed by atoms with Crippen LogP contribution in [0.15, 0.2) is 11.8 Å². The predicted molar refractivity (Wildman–Crippen MR) is 72.6 cm³/mol. The molecule has 0 bridgehead atoms. The summed E-state index contributed by atoms with van der Waals surface area (Å²) in [5.74, 6) is 0. The molecule has 0 aliphatic rings. The van der Waals surface area contributed by atoms with Gasteiger partial charge < -0.3 is 0 Å². The zero-order chi connectivity index (χ0) is 13.6. The van der Waals surface area contributed by atoms with E-state index in [9.17, 15) is 14.9 Å². The Morgan fingerprint density at radius 1 is 1.17 bits per heavy atom. The number of allylic oxidation sites excluding steroid dienone is 2. The lowest BCUT2D eigenvalue weighted by Gasteiger charge is -1.99. The van der Waals surface area contributed by atoms with Crippen LogP contribution in [-0.2, 0) is 4.79 Å². The van der Waals surface area contributed by atoms with Crippen molar-refractivity contribution in [1.29, 1.82) is 0 Å². The Hall–Kier alpha value is -1.19. The van der Waals surface area contributed by atoms with Gasteiger partial charge in [-0.15, -0.1) is 0 Å². The molecule has 1 radical (unpaired) electrons. The van der Waals surface area contributed by atoms with E-state index < -0.39 is 0 Å². The average Bonchev–Trinajstić information content (AvgIpc) is 2.35. The molecule has 0 unspecified atom stereocenters. The minimum absolute atomic E-state index is 0.254. The minimum Gasteiger partial charge on any atom is -0.291 e. The molecule has 0 aromatic carbocycles. The molecule has 0 fully saturated rings. The van der Waals surface area contributed by atoms with E-state index in [1.807, 2.05) is 13.2 Å². The Labute approximate surface area is 110 Å². The molecule has 4 nitrogen and oxygen atoms in total. The number of rotatable bonds is 12. The van der Waals surface area contributed by atoms with Gasteiger partial charge in [0.15, 0.2) is 6.29 Å². The predicted octanol–water partition coefficient (Wildman–Crippen LogP) is 4.18. The van der Waals surface area contributed by atoms with E-state index in [-0.39, 0.29) is 4.92 Å². The first-order valence-electron chi connectivity index (χ1n) is 6.90. The first kappa shape index (κ1) is 16.8. The van der Waals surface area contributed by atoms with Gasteiger partial charge in [0, 0.05) is 12.8 Å². The summed E-state index contributed by atoms with van der Waals surface area (Å²) in [4.78, 5) is 20.5. The molecule has 0 aromatic heterocycles. The highest BCUT2D eigenvalue weighted by molar-refractivity contribution is 5.50. The summed E-state index contributed by atoms with van der Waals surface area (Å²) in [5.41, 5.74) is 0.368. The van der Waals surface area contributed by atoms with Crippen LogP contribution in [0.3, 0.4) is 0 Å². The van der Waals surface area contributed by atoms with Crippen molar-refractivity contribution in [1.82, 2.24) is 0 Å². The number of nitro groups is 1. The molecule has 103 valence electrons. The summed E-state index contributed by atoms with van der Waals surface area (Å²) < 4.78 is 0. The third-order valence-corrected chi connectivity index (χ3v) is 2.88. The number of unbranched alkanes of at least 4 members (excludes halogenated alkanes) is 7. The van der Waals surface area contributed by atoms with Gasteiger partial charge in [0.25, 0.3) is 0 Å². The monoisotopic (exact) mass is 254 g/mol. The smallest absolute Gasteiger partial charge is 0.242 e. The Morgan fingerprint density at radius 3 is 2.44 bits per heavy atom. The van der Waals surface area contributed by atoms with E-state index >= 15 is 0 Å². The molecule has 0 amide bonds. The number of hydrogen-bond donors (Lipinski definition) is 0. The van der Waals surface area contributed by atoms with Crippen molar-refractivity contribution < 1.29 is 9.72 Å². The molecule has 0 saturated carbocycles. The zero-order valence-corrected chi connectivity index (χ0v) is 11.3. The summed E-state index contributed by atoms with van der Waals surface area (Å²) >= 11 is 0. The molecular formula is C14H24NO3. The van der Waals surface area contributed by atoms with Crippen LogP contribution in [0.5, 0.6) is 0 Å². The zero-order valence-electron chi connectivity index (χ0n) is 11.3. The Balaban J connectivity index is 3.63. The van der Waals surface area contributed by atoms with Crippen LogP contribution in [0.2, 0.25) is 0 Å². The topological polar surface area (TPSA) is 60.2 Å². The molecule has 18 heavy (non-hydrogen) atoms. The van der Waals surface area contributed by atoms with Crippen molar-refractivity contribution in [3.05, 3.63) is 21.9 Å². The Morgan fingerprint density at radius 2 is 1.83 bits per heavy atom. The molecule has 4 heteroatoms. The first-order valence-corrected chi connectivity index (χ1v) is 6.90. The summed E-state index contributed by atoms with van der Waals surface area (Å²) in [5, 5.41) is 10.7. The summed E-state index contributed by atoms with van der Waals surface area (Å²) in [6.07, 6.45) is 12.6. The van der Waals surface area contributed by atoms with E-state index in [0.717, 1.165) is 51.4 Å². The number of carbonyl (C=O) groups excluding carboxylic acids is 1. The Bertz CT molecular complexity index is 262. The normalized spacial score (nSPS) is 11.5. The highest BCUT2D eigenvalue weighted by Gasteiger charge is 2.08. The van der Waals surface area contributed by atoms with Crippen LogP contribution in [0.1, 0.15) is 71.1 Å². The fourth-order valence-corrected chi connectivity index (χ4v) is 1.77. The van der Waals surface area contributed by atoms with E-state index in [1.165, 1.54) is 0 Å². The molecule has 0 spiro atoms. The molecule has 0 rings (SSSR count). The van der Waals surface area contributed by atoms with Crippen LogP contribution < -0.4 is 0 Å². The van der Waals surface area contributed by atoms with Crippen molar-refractivity contribution in [3.8, 4) is 0 Å². The quantitative estimate of drug-likeness (QED) is 0.298. The Kier molecular flexibility index (Phi) is 11.5. The van der Waals surface area contributed by atoms with Crippen molar-refractivity contribution in [2.24, 2.45) is 0 Å². The van der Waals surface area contributed by atoms with E-state index in [1.54, 1.807) is 6.08 Å². The van der Waals surface area contributed by atoms with E-state index in [4.69, 9.17) is 0 Å². The fourth-order valence-electron chi connectivity index (χ4n) is 1.77. The average molecular weight is 254 g/mol. The van der Waals surface area contributed by atoms with Crippen molar-refractivity contribution in [2.45, 2.75) is 71.1 Å². The summed E-state index contributed by atoms with van der Waals surface area (Å²) in [6.45, 7) is 2.04. The maximum Gasteiger partial charge on any atom is 0.242 e. The van der Waals surface area contributed by atoms with E-state index in [0.29, 0.717) is 18.5 Å². The fraction of sp³-hybridized carbons (Fsp3) is 0.786. The SMILES string of the molecule is CCCC/C(=C/CCCCCCC[C]=O)[N+](=O)[O-]. The van der Waals surface area contributed by atoms with Crippen molar-refractivity contribution in [2.75, 3.05) is 0 Å². The first-order chi connectivity index (χ1) is 8.72. The van der Waals surface area contributed by atoms with Crippen molar-refractivity contribution in [3.63, 3.8) is 0 Å². The highest BCUT2D eigenvalue weighted by atomic mass is 16.6. The van der Waals surface area contributed by atoms with Crippen LogP contribution in [0.25, 0.3) is 0 Å². The minimum atomic E-state index is -0.254. The lowest BCUT2D eigenvalue weighted by molar-refractivity contribution is -0.428. The van der Waals surface area contributed by atoms with Gasteiger partial charge in [-0.05, 0) is 31.8 Å². The summed E-state index contributed by atoms with van der Waals surface area (Å²) in [6, 6.07) is 0. The van der Waals surface area contributed by atoms with Gasteiger partial charge in [-0.1, -0.05) is 32.6 Å². The van der Waals surface area contributed by atoms with Gasteiger partial charge in [0.2, 0.25) is 5.70 Å². The largest absolute Gasteiger partial charge is 0.291 e. The molecule has 0 saturated heterocycles. The summed E-state index contributed by atoms with van der Waals surface area (Å²) in [7, 11) is 0. The highest BCUT2D eigenvalue weighted by Crippen LogP contribution is 2.12. The van der Waals surface area contributed by atoms with Gasteiger partial charge in [0.05, 0.1) is 4.92 Å². The third-order valence-electron chi connectivity index (χ3n) is 2.88. The molecule has 0 heterocycles. The number of nitrogens with zero attached hydrogens (tertiary/aromatic N) is 1. The van der Waals surface area contributed by atoms with Crippen LogP contribution in [-0.4, -0.2) is 11.2 Å². The van der Waals surface area contributed by atoms with Gasteiger partial charge in [-0.2, -0.15) is 0 Å². The van der Waals surface area contributed by atoms with Crippen LogP contribution >= 0.6 is 0 Å². The van der Waals surface area contributed by atoms with Crippen LogP contribution in [0.4, 0.5) is 0 Å². The van der Waals surface area contributed by atoms with Gasteiger partial charge in [0.1, 0.15) is 0 Å². The second-order valence-electron chi connectivity index (χ2n) is 4.51. The molecule has 0 aromatic rings. The molecule has 0 N–H and O–H groups in total. The molecule has 0 aliphatic carbocycles. The number of hydrogen-bond acceptors (Lipinski definition) is 3. The lowest BCUT2D eigenvalue weighted by atomic mass is 10.1. The van der Waals surface area contributed by atoms with Gasteiger partial charge in [-0.3, -0.25) is 14.9 Å². The second kappa shape index (κ2) is 12.3. The van der Waals surface area contributed by atoms with Gasteiger partial charge >= 0.3 is 0 Å². The van der Waals surface area contributed by atoms with Crippen molar-refractivity contribution >= 4 is 6.29 Å². The second-order valence-corrected chi connectivity index (χ2v) is 4.51.